The number of nitrogens with zero attached hydrogens (tertiary/aromatic N) is 2. The molecule has 3 rings (SSSR count). The zero-order chi connectivity index (χ0) is 18.5. The van der Waals surface area contributed by atoms with Gasteiger partial charge in [-0.2, -0.15) is 0 Å². The van der Waals surface area contributed by atoms with Crippen LogP contribution >= 0.6 is 22.9 Å². The fraction of sp³-hybridized carbons (Fsp3) is 0.105. The monoisotopic (exact) mass is 385 g/mol. The predicted molar refractivity (Wildman–Crippen MR) is 104 cm³/mol. The number of rotatable bonds is 5. The number of pyridine rings is 1. The number of carbonyl (C=O) groups is 2. The third-order valence-corrected chi connectivity index (χ3v) is 4.92. The van der Waals surface area contributed by atoms with Gasteiger partial charge in [0.15, 0.2) is 0 Å². The van der Waals surface area contributed by atoms with Crippen LogP contribution < -0.4 is 5.32 Å². The molecule has 0 radical (unpaired) electrons. The Labute approximate surface area is 160 Å². The molecule has 0 aliphatic heterocycles. The molecule has 2 aromatic heterocycles. The van der Waals surface area contributed by atoms with Crippen molar-refractivity contribution in [2.45, 2.75) is 6.54 Å². The van der Waals surface area contributed by atoms with E-state index in [9.17, 15) is 9.59 Å². The Bertz CT molecular complexity index is 914. The minimum Gasteiger partial charge on any atom is -0.337 e. The summed E-state index contributed by atoms with van der Waals surface area (Å²) in [7, 11) is 1.72. The van der Waals surface area contributed by atoms with Crippen LogP contribution in [0, 0.1) is 0 Å². The zero-order valence-corrected chi connectivity index (χ0v) is 15.6. The van der Waals surface area contributed by atoms with Crippen molar-refractivity contribution in [1.29, 1.82) is 0 Å². The van der Waals surface area contributed by atoms with Crippen LogP contribution in [0.15, 0.2) is 60.2 Å². The fourth-order valence-corrected chi connectivity index (χ4v) is 3.18. The van der Waals surface area contributed by atoms with Gasteiger partial charge in [0.1, 0.15) is 0 Å². The van der Waals surface area contributed by atoms with Crippen molar-refractivity contribution in [3.8, 4) is 0 Å². The molecule has 0 bridgehead atoms. The number of carbonyl (C=O) groups excluding carboxylic acids is 2. The third kappa shape index (κ3) is 4.28. The first kappa shape index (κ1) is 18.1. The Kier molecular flexibility index (Phi) is 5.65. The van der Waals surface area contributed by atoms with Crippen molar-refractivity contribution in [3.63, 3.8) is 0 Å². The molecule has 0 fully saturated rings. The van der Waals surface area contributed by atoms with E-state index in [0.29, 0.717) is 27.7 Å². The number of halogens is 1. The van der Waals surface area contributed by atoms with E-state index < -0.39 is 0 Å². The molecule has 1 aromatic carbocycles. The molecule has 0 saturated carbocycles. The highest BCUT2D eigenvalue weighted by Gasteiger charge is 2.16. The van der Waals surface area contributed by atoms with E-state index in [1.165, 1.54) is 11.3 Å². The summed E-state index contributed by atoms with van der Waals surface area (Å²) >= 11 is 7.51. The maximum atomic E-state index is 12.7. The smallest absolute Gasteiger partial charge is 0.265 e. The van der Waals surface area contributed by atoms with Gasteiger partial charge < -0.3 is 10.2 Å². The summed E-state index contributed by atoms with van der Waals surface area (Å²) in [5.41, 5.74) is 1.84. The minimum absolute atomic E-state index is 0.162. The van der Waals surface area contributed by atoms with Crippen molar-refractivity contribution in [2.75, 3.05) is 12.4 Å². The van der Waals surface area contributed by atoms with E-state index >= 15 is 0 Å². The van der Waals surface area contributed by atoms with Gasteiger partial charge in [-0.15, -0.1) is 11.3 Å². The Morgan fingerprint density at radius 3 is 2.65 bits per heavy atom. The first-order chi connectivity index (χ1) is 12.5. The van der Waals surface area contributed by atoms with Gasteiger partial charge in [-0.1, -0.05) is 17.7 Å². The molecule has 132 valence electrons. The molecule has 0 saturated heterocycles. The second-order valence-electron chi connectivity index (χ2n) is 5.64. The van der Waals surface area contributed by atoms with Crippen LogP contribution in [0.3, 0.4) is 0 Å². The van der Waals surface area contributed by atoms with Gasteiger partial charge >= 0.3 is 0 Å². The number of amides is 2. The molecule has 0 spiro atoms. The number of hydrogen-bond donors (Lipinski definition) is 1. The molecular weight excluding hydrogens is 370 g/mol. The van der Waals surface area contributed by atoms with E-state index in [4.69, 9.17) is 11.6 Å². The van der Waals surface area contributed by atoms with E-state index in [2.05, 4.69) is 10.3 Å². The summed E-state index contributed by atoms with van der Waals surface area (Å²) in [6, 6.07) is 12.1. The molecule has 2 heterocycles. The summed E-state index contributed by atoms with van der Waals surface area (Å²) in [6.45, 7) is 0.459. The lowest BCUT2D eigenvalue weighted by Crippen LogP contribution is -2.26. The van der Waals surface area contributed by atoms with Crippen LogP contribution in [0.2, 0.25) is 5.02 Å². The largest absolute Gasteiger partial charge is 0.337 e. The van der Waals surface area contributed by atoms with Crippen LogP contribution in [0.5, 0.6) is 0 Å². The minimum atomic E-state index is -0.253. The van der Waals surface area contributed by atoms with Gasteiger partial charge in [0, 0.05) is 31.5 Å². The molecule has 1 N–H and O–H groups in total. The molecule has 7 heteroatoms. The van der Waals surface area contributed by atoms with Gasteiger partial charge in [0.2, 0.25) is 0 Å². The Balaban J connectivity index is 1.75. The Hall–Kier alpha value is -2.70. The number of thiophene rings is 1. The van der Waals surface area contributed by atoms with Gasteiger partial charge in [-0.05, 0) is 47.3 Å². The normalized spacial score (nSPS) is 10.4. The highest BCUT2D eigenvalue weighted by atomic mass is 35.5. The molecule has 0 atom stereocenters. The second-order valence-corrected chi connectivity index (χ2v) is 7.00. The number of nitrogens with one attached hydrogen (secondary N) is 1. The average Bonchev–Trinajstić information content (AvgIpc) is 3.18. The van der Waals surface area contributed by atoms with Crippen LogP contribution in [0.4, 0.5) is 5.69 Å². The van der Waals surface area contributed by atoms with Gasteiger partial charge in [-0.3, -0.25) is 14.6 Å². The molecule has 0 aliphatic rings. The van der Waals surface area contributed by atoms with Crippen LogP contribution in [0.1, 0.15) is 25.6 Å². The number of anilines is 1. The summed E-state index contributed by atoms with van der Waals surface area (Å²) < 4.78 is 0. The van der Waals surface area contributed by atoms with Crippen LogP contribution in [-0.2, 0) is 6.54 Å². The van der Waals surface area contributed by atoms with Crippen molar-refractivity contribution in [2.24, 2.45) is 0 Å². The zero-order valence-electron chi connectivity index (χ0n) is 14.0. The molecular formula is C19H16ClN3O2S. The van der Waals surface area contributed by atoms with Crippen molar-refractivity contribution >= 4 is 40.4 Å². The number of benzene rings is 1. The van der Waals surface area contributed by atoms with Gasteiger partial charge in [-0.25, -0.2) is 0 Å². The van der Waals surface area contributed by atoms with Crippen LogP contribution in [0.25, 0.3) is 0 Å². The number of hydrogen-bond acceptors (Lipinski definition) is 4. The SMILES string of the molecule is CN(Cc1ccncc1)C(=O)c1ccc(Cl)c(NC(=O)c2cccs2)c1. The molecule has 3 aromatic rings. The third-order valence-electron chi connectivity index (χ3n) is 3.72. The second kappa shape index (κ2) is 8.12. The first-order valence-corrected chi connectivity index (χ1v) is 9.09. The van der Waals surface area contributed by atoms with Crippen molar-refractivity contribution in [1.82, 2.24) is 9.88 Å². The summed E-state index contributed by atoms with van der Waals surface area (Å²) in [6.07, 6.45) is 3.38. The standard InChI is InChI=1S/C19H16ClN3O2S/c1-23(12-13-6-8-21-9-7-13)19(25)14-4-5-15(20)16(11-14)22-18(24)17-3-2-10-26-17/h2-11H,12H2,1H3,(H,22,24). The molecule has 2 amide bonds. The van der Waals surface area contributed by atoms with Crippen molar-refractivity contribution < 1.29 is 9.59 Å². The lowest BCUT2D eigenvalue weighted by molar-refractivity contribution is 0.0784. The summed E-state index contributed by atoms with van der Waals surface area (Å²) in [4.78, 5) is 31.1. The van der Waals surface area contributed by atoms with Crippen molar-refractivity contribution in [3.05, 3.63) is 81.3 Å². The maximum absolute atomic E-state index is 12.7. The Morgan fingerprint density at radius 2 is 1.96 bits per heavy atom. The quantitative estimate of drug-likeness (QED) is 0.711. The van der Waals surface area contributed by atoms with E-state index in [0.717, 1.165) is 5.56 Å². The fourth-order valence-electron chi connectivity index (χ4n) is 2.40. The topological polar surface area (TPSA) is 62.3 Å². The van der Waals surface area contributed by atoms with E-state index in [-0.39, 0.29) is 11.8 Å². The molecule has 5 nitrogen and oxygen atoms in total. The highest BCUT2D eigenvalue weighted by molar-refractivity contribution is 7.12. The summed E-state index contributed by atoms with van der Waals surface area (Å²) in [5, 5.41) is 4.96. The summed E-state index contributed by atoms with van der Waals surface area (Å²) in [5.74, 6) is -0.415. The Morgan fingerprint density at radius 1 is 1.19 bits per heavy atom. The first-order valence-electron chi connectivity index (χ1n) is 7.83. The highest BCUT2D eigenvalue weighted by Crippen LogP contribution is 2.25. The van der Waals surface area contributed by atoms with Gasteiger partial charge in [0.25, 0.3) is 11.8 Å². The maximum Gasteiger partial charge on any atom is 0.265 e. The van der Waals surface area contributed by atoms with E-state index in [1.54, 1.807) is 54.7 Å². The van der Waals surface area contributed by atoms with E-state index in [1.807, 2.05) is 17.5 Å². The average molecular weight is 386 g/mol. The molecule has 0 unspecified atom stereocenters. The molecule has 26 heavy (non-hydrogen) atoms. The lowest BCUT2D eigenvalue weighted by atomic mass is 10.1. The lowest BCUT2D eigenvalue weighted by Gasteiger charge is -2.18. The predicted octanol–water partition coefficient (Wildman–Crippen LogP) is 4.32. The van der Waals surface area contributed by atoms with Crippen LogP contribution in [-0.4, -0.2) is 28.7 Å². The van der Waals surface area contributed by atoms with Gasteiger partial charge in [0.05, 0.1) is 15.6 Å². The molecule has 0 aliphatic carbocycles. The number of aromatic nitrogens is 1.